The predicted octanol–water partition coefficient (Wildman–Crippen LogP) is 2.85. The Bertz CT molecular complexity index is 429. The van der Waals surface area contributed by atoms with E-state index in [0.29, 0.717) is 40.9 Å². The quantitative estimate of drug-likeness (QED) is 0.879. The molecule has 0 fully saturated rings. The number of aliphatic hydroxyl groups excluding tert-OH is 1. The fraction of sp³-hybridized carbons (Fsp3) is 0.462. The zero-order valence-electron chi connectivity index (χ0n) is 10.9. The van der Waals surface area contributed by atoms with Gasteiger partial charge in [0, 0.05) is 25.3 Å². The minimum absolute atomic E-state index is 0.0495. The lowest BCUT2D eigenvalue weighted by Crippen LogP contribution is -2.32. The van der Waals surface area contributed by atoms with Gasteiger partial charge in [-0.1, -0.05) is 23.2 Å². The van der Waals surface area contributed by atoms with E-state index in [9.17, 15) is 4.79 Å². The van der Waals surface area contributed by atoms with E-state index in [2.05, 4.69) is 0 Å². The molecule has 1 aromatic carbocycles. The first-order chi connectivity index (χ1) is 9.04. The van der Waals surface area contributed by atoms with Gasteiger partial charge in [-0.15, -0.1) is 0 Å². The molecule has 0 aromatic heterocycles. The number of carbonyl (C=O) groups excluding carboxylic acids is 1. The fourth-order valence-corrected chi connectivity index (χ4v) is 2.37. The maximum atomic E-state index is 12.3. The van der Waals surface area contributed by atoms with Crippen molar-refractivity contribution in [3.63, 3.8) is 0 Å². The van der Waals surface area contributed by atoms with Crippen molar-refractivity contribution < 1.29 is 14.6 Å². The third-order valence-electron chi connectivity index (χ3n) is 2.70. The summed E-state index contributed by atoms with van der Waals surface area (Å²) in [6.07, 6.45) is 0.539. The van der Waals surface area contributed by atoms with Crippen LogP contribution in [-0.4, -0.2) is 42.7 Å². The van der Waals surface area contributed by atoms with Gasteiger partial charge >= 0.3 is 0 Å². The summed E-state index contributed by atoms with van der Waals surface area (Å²) >= 11 is 12.0. The number of hydrogen-bond donors (Lipinski definition) is 1. The smallest absolute Gasteiger partial charge is 0.253 e. The molecule has 4 nitrogen and oxygen atoms in total. The van der Waals surface area contributed by atoms with Crippen LogP contribution in [0, 0.1) is 0 Å². The number of ether oxygens (including phenoxy) is 1. The van der Waals surface area contributed by atoms with Crippen LogP contribution >= 0.6 is 23.2 Å². The van der Waals surface area contributed by atoms with Crippen molar-refractivity contribution in [1.29, 1.82) is 0 Å². The molecule has 0 heterocycles. The number of halogens is 2. The highest BCUT2D eigenvalue weighted by molar-refractivity contribution is 6.37. The van der Waals surface area contributed by atoms with Crippen molar-refractivity contribution in [3.05, 3.63) is 27.7 Å². The van der Waals surface area contributed by atoms with Crippen molar-refractivity contribution in [2.45, 2.75) is 13.3 Å². The van der Waals surface area contributed by atoms with Crippen molar-refractivity contribution in [2.24, 2.45) is 0 Å². The van der Waals surface area contributed by atoms with Crippen LogP contribution in [0.2, 0.25) is 10.0 Å². The van der Waals surface area contributed by atoms with Crippen LogP contribution in [0.15, 0.2) is 12.1 Å². The number of nitrogens with zero attached hydrogens (tertiary/aromatic N) is 1. The molecule has 0 unspecified atom stereocenters. The average Bonchev–Trinajstić information content (AvgIpc) is 2.39. The highest BCUT2D eigenvalue weighted by Gasteiger charge is 2.17. The molecule has 6 heteroatoms. The second-order valence-corrected chi connectivity index (χ2v) is 4.75. The monoisotopic (exact) mass is 305 g/mol. The number of aliphatic hydroxyl groups is 1. The van der Waals surface area contributed by atoms with E-state index in [0.717, 1.165) is 0 Å². The summed E-state index contributed by atoms with van der Waals surface area (Å²) in [5.74, 6) is 0.195. The standard InChI is InChI=1S/C13H17Cl2NO3/c1-3-16(5-4-6-17)13(18)9-7-10(14)12(19-2)11(15)8-9/h7-8,17H,3-6H2,1-2H3. The summed E-state index contributed by atoms with van der Waals surface area (Å²) in [5, 5.41) is 9.43. The Morgan fingerprint density at radius 2 is 1.95 bits per heavy atom. The molecule has 106 valence electrons. The molecule has 0 bridgehead atoms. The molecule has 0 saturated carbocycles. The van der Waals surface area contributed by atoms with E-state index >= 15 is 0 Å². The molecule has 0 radical (unpaired) electrons. The van der Waals surface area contributed by atoms with Crippen LogP contribution in [-0.2, 0) is 0 Å². The average molecular weight is 306 g/mol. The van der Waals surface area contributed by atoms with Gasteiger partial charge in [0.2, 0.25) is 0 Å². The molecular weight excluding hydrogens is 289 g/mol. The lowest BCUT2D eigenvalue weighted by atomic mass is 10.2. The van der Waals surface area contributed by atoms with Crippen LogP contribution < -0.4 is 4.74 Å². The lowest BCUT2D eigenvalue weighted by Gasteiger charge is -2.21. The number of amides is 1. The summed E-state index contributed by atoms with van der Waals surface area (Å²) in [7, 11) is 1.47. The van der Waals surface area contributed by atoms with Gasteiger partial charge in [-0.3, -0.25) is 4.79 Å². The fourth-order valence-electron chi connectivity index (χ4n) is 1.73. The van der Waals surface area contributed by atoms with Crippen LogP contribution in [0.1, 0.15) is 23.7 Å². The van der Waals surface area contributed by atoms with Gasteiger partial charge in [0.1, 0.15) is 0 Å². The predicted molar refractivity (Wildman–Crippen MR) is 76.3 cm³/mol. The molecule has 0 atom stereocenters. The largest absolute Gasteiger partial charge is 0.494 e. The third kappa shape index (κ3) is 4.00. The Hall–Kier alpha value is -0.970. The van der Waals surface area contributed by atoms with Crippen LogP contribution in [0.5, 0.6) is 5.75 Å². The van der Waals surface area contributed by atoms with Gasteiger partial charge in [-0.05, 0) is 25.5 Å². The second-order valence-electron chi connectivity index (χ2n) is 3.94. The topological polar surface area (TPSA) is 49.8 Å². The van der Waals surface area contributed by atoms with Gasteiger partial charge in [0.25, 0.3) is 5.91 Å². The van der Waals surface area contributed by atoms with Gasteiger partial charge in [0.05, 0.1) is 17.2 Å². The van der Waals surface area contributed by atoms with Crippen molar-refractivity contribution in [1.82, 2.24) is 4.90 Å². The Balaban J connectivity index is 2.98. The van der Waals surface area contributed by atoms with E-state index in [1.165, 1.54) is 19.2 Å². The highest BCUT2D eigenvalue weighted by atomic mass is 35.5. The van der Waals surface area contributed by atoms with Gasteiger partial charge in [-0.25, -0.2) is 0 Å². The molecule has 0 aliphatic carbocycles. The Labute approximate surface area is 122 Å². The van der Waals surface area contributed by atoms with E-state index in [-0.39, 0.29) is 12.5 Å². The normalized spacial score (nSPS) is 10.4. The van der Waals surface area contributed by atoms with Crippen molar-refractivity contribution in [2.75, 3.05) is 26.8 Å². The summed E-state index contributed by atoms with van der Waals surface area (Å²) < 4.78 is 5.04. The SMILES string of the molecule is CCN(CCCO)C(=O)c1cc(Cl)c(OC)c(Cl)c1. The Morgan fingerprint density at radius 1 is 1.37 bits per heavy atom. The number of hydrogen-bond acceptors (Lipinski definition) is 3. The maximum absolute atomic E-state index is 12.3. The summed E-state index contributed by atoms with van der Waals surface area (Å²) in [6, 6.07) is 3.08. The molecule has 0 aliphatic heterocycles. The van der Waals surface area contributed by atoms with E-state index in [1.807, 2.05) is 6.92 Å². The molecule has 0 spiro atoms. The van der Waals surface area contributed by atoms with Crippen LogP contribution in [0.25, 0.3) is 0 Å². The van der Waals surface area contributed by atoms with Crippen molar-refractivity contribution in [3.8, 4) is 5.75 Å². The first-order valence-corrected chi connectivity index (χ1v) is 6.73. The molecule has 19 heavy (non-hydrogen) atoms. The number of methoxy groups -OCH3 is 1. The van der Waals surface area contributed by atoms with Gasteiger partial charge < -0.3 is 14.7 Å². The summed E-state index contributed by atoms with van der Waals surface area (Å²) in [5.41, 5.74) is 0.413. The van der Waals surface area contributed by atoms with E-state index < -0.39 is 0 Å². The highest BCUT2D eigenvalue weighted by Crippen LogP contribution is 2.34. The minimum atomic E-state index is -0.164. The molecule has 0 saturated heterocycles. The zero-order valence-corrected chi connectivity index (χ0v) is 12.5. The van der Waals surface area contributed by atoms with Crippen molar-refractivity contribution >= 4 is 29.1 Å². The first kappa shape index (κ1) is 16.1. The molecule has 1 N–H and O–H groups in total. The van der Waals surface area contributed by atoms with Gasteiger partial charge in [-0.2, -0.15) is 0 Å². The van der Waals surface area contributed by atoms with E-state index in [4.69, 9.17) is 33.0 Å². The van der Waals surface area contributed by atoms with Crippen LogP contribution in [0.3, 0.4) is 0 Å². The molecular formula is C13H17Cl2NO3. The number of rotatable bonds is 6. The molecule has 1 aromatic rings. The minimum Gasteiger partial charge on any atom is -0.494 e. The second kappa shape index (κ2) is 7.58. The first-order valence-electron chi connectivity index (χ1n) is 5.98. The van der Waals surface area contributed by atoms with Gasteiger partial charge in [0.15, 0.2) is 5.75 Å². The van der Waals surface area contributed by atoms with E-state index in [1.54, 1.807) is 4.90 Å². The molecule has 0 aliphatic rings. The lowest BCUT2D eigenvalue weighted by molar-refractivity contribution is 0.0754. The number of benzene rings is 1. The third-order valence-corrected chi connectivity index (χ3v) is 3.27. The number of carbonyl (C=O) groups is 1. The maximum Gasteiger partial charge on any atom is 0.253 e. The molecule has 1 rings (SSSR count). The van der Waals surface area contributed by atoms with Crippen LogP contribution in [0.4, 0.5) is 0 Å². The summed E-state index contributed by atoms with van der Waals surface area (Å²) in [6.45, 7) is 2.98. The Morgan fingerprint density at radius 3 is 2.37 bits per heavy atom. The Kier molecular flexibility index (Phi) is 6.42. The summed E-state index contributed by atoms with van der Waals surface area (Å²) in [4.78, 5) is 13.9. The molecule has 1 amide bonds. The zero-order chi connectivity index (χ0) is 14.4.